The van der Waals surface area contributed by atoms with Gasteiger partial charge in [-0.2, -0.15) is 0 Å². The van der Waals surface area contributed by atoms with Gasteiger partial charge in [-0.05, 0) is 11.6 Å². The lowest BCUT2D eigenvalue weighted by Crippen LogP contribution is -1.89. The van der Waals surface area contributed by atoms with Crippen molar-refractivity contribution in [2.75, 3.05) is 0 Å². The molecule has 0 amide bonds. The van der Waals surface area contributed by atoms with Crippen LogP contribution < -0.4 is 0 Å². The van der Waals surface area contributed by atoms with Gasteiger partial charge in [-0.1, -0.05) is 0 Å². The van der Waals surface area contributed by atoms with Crippen LogP contribution in [0.15, 0.2) is 29.9 Å². The Bertz CT molecular complexity index is 211. The maximum atomic E-state index is 10.4. The molecule has 9 heavy (non-hydrogen) atoms. The normalized spacial score (nSPS) is 14.6. The zero-order chi connectivity index (χ0) is 6.69. The van der Waals surface area contributed by atoms with Crippen LogP contribution >= 0.6 is 11.6 Å². The summed E-state index contributed by atoms with van der Waals surface area (Å²) in [6, 6.07) is 0. The Morgan fingerprint density at radius 2 is 2.44 bits per heavy atom. The number of halogens is 1. The zero-order valence-electron chi connectivity index (χ0n) is 4.60. The van der Waals surface area contributed by atoms with E-state index in [1.807, 2.05) is 0 Å². The first kappa shape index (κ1) is 6.21. The summed E-state index contributed by atoms with van der Waals surface area (Å²) in [6.45, 7) is 0. The minimum absolute atomic E-state index is 0.438. The topological polar surface area (TPSA) is 17.1 Å². The van der Waals surface area contributed by atoms with Crippen LogP contribution in [0.4, 0.5) is 0 Å². The standard InChI is InChI=1S/C7H4ClO/c8-7(9)6-4-2-1-3-5-6/h1-2,4-5H/q+1. The van der Waals surface area contributed by atoms with Crippen molar-refractivity contribution in [3.05, 3.63) is 36.0 Å². The molecule has 0 aromatic carbocycles. The SMILES string of the molecule is O=C(Cl)C1=CC=C[C+]=C1. The summed E-state index contributed by atoms with van der Waals surface area (Å²) in [6.07, 6.45) is 9.36. The second kappa shape index (κ2) is 2.58. The van der Waals surface area contributed by atoms with Gasteiger partial charge in [-0.3, -0.25) is 4.79 Å². The molecule has 0 spiro atoms. The molecular formula is C7H4ClO+. The summed E-state index contributed by atoms with van der Waals surface area (Å²) < 4.78 is 0. The first-order chi connectivity index (χ1) is 4.30. The van der Waals surface area contributed by atoms with Crippen LogP contribution in [0.2, 0.25) is 0 Å². The van der Waals surface area contributed by atoms with Crippen molar-refractivity contribution >= 4 is 16.8 Å². The third-order valence-corrected chi connectivity index (χ3v) is 1.15. The van der Waals surface area contributed by atoms with Gasteiger partial charge in [0.1, 0.15) is 17.7 Å². The lowest BCUT2D eigenvalue weighted by Gasteiger charge is -1.82. The van der Waals surface area contributed by atoms with Crippen molar-refractivity contribution in [3.63, 3.8) is 0 Å². The fourth-order valence-corrected chi connectivity index (χ4v) is 0.633. The lowest BCUT2D eigenvalue weighted by molar-refractivity contribution is -0.108. The van der Waals surface area contributed by atoms with E-state index in [-0.39, 0.29) is 0 Å². The minimum Gasteiger partial charge on any atom is -0.259 e. The van der Waals surface area contributed by atoms with E-state index in [0.717, 1.165) is 0 Å². The van der Waals surface area contributed by atoms with Crippen molar-refractivity contribution in [2.45, 2.75) is 0 Å². The summed E-state index contributed by atoms with van der Waals surface area (Å²) in [7, 11) is 0. The first-order valence-corrected chi connectivity index (χ1v) is 2.84. The molecule has 1 nitrogen and oxygen atoms in total. The van der Waals surface area contributed by atoms with E-state index in [0.29, 0.717) is 5.57 Å². The van der Waals surface area contributed by atoms with Gasteiger partial charge in [0.15, 0.2) is 0 Å². The summed E-state index contributed by atoms with van der Waals surface area (Å²) in [5.74, 6) is 0. The van der Waals surface area contributed by atoms with Crippen LogP contribution in [0.1, 0.15) is 0 Å². The average molecular weight is 140 g/mol. The van der Waals surface area contributed by atoms with Crippen LogP contribution in [-0.4, -0.2) is 5.24 Å². The molecule has 1 aliphatic rings. The van der Waals surface area contributed by atoms with Crippen molar-refractivity contribution in [1.82, 2.24) is 0 Å². The predicted octanol–water partition coefficient (Wildman–Crippen LogP) is 1.61. The molecule has 0 N–H and O–H groups in total. The fourth-order valence-electron chi connectivity index (χ4n) is 0.516. The molecule has 2 heteroatoms. The Balaban J connectivity index is 2.84. The molecule has 0 atom stereocenters. The molecule has 0 fully saturated rings. The molecule has 44 valence electrons. The van der Waals surface area contributed by atoms with E-state index in [9.17, 15) is 4.79 Å². The molecule has 1 rings (SSSR count). The highest BCUT2D eigenvalue weighted by Crippen LogP contribution is 2.05. The molecule has 0 aliphatic heterocycles. The monoisotopic (exact) mass is 139 g/mol. The third-order valence-electron chi connectivity index (χ3n) is 0.934. The molecule has 1 aliphatic carbocycles. The van der Waals surface area contributed by atoms with Crippen molar-refractivity contribution < 1.29 is 4.79 Å². The predicted molar refractivity (Wildman–Crippen MR) is 35.9 cm³/mol. The number of carbonyl (C=O) groups is 1. The maximum absolute atomic E-state index is 10.4. The van der Waals surface area contributed by atoms with E-state index in [1.165, 1.54) is 0 Å². The van der Waals surface area contributed by atoms with Crippen LogP contribution in [0.5, 0.6) is 0 Å². The second-order valence-electron chi connectivity index (χ2n) is 1.57. The smallest absolute Gasteiger partial charge is 0.259 e. The fraction of sp³-hybridized carbons (Fsp3) is 0. The van der Waals surface area contributed by atoms with Gasteiger partial charge in [-0.15, -0.1) is 0 Å². The second-order valence-corrected chi connectivity index (χ2v) is 1.91. The Hall–Kier alpha value is -0.910. The van der Waals surface area contributed by atoms with Crippen LogP contribution in [0, 0.1) is 6.08 Å². The van der Waals surface area contributed by atoms with E-state index < -0.39 is 5.24 Å². The van der Waals surface area contributed by atoms with Gasteiger partial charge < -0.3 is 0 Å². The highest BCUT2D eigenvalue weighted by Gasteiger charge is 2.09. The molecule has 0 saturated carbocycles. The van der Waals surface area contributed by atoms with E-state index in [1.54, 1.807) is 24.3 Å². The summed E-state index contributed by atoms with van der Waals surface area (Å²) in [5, 5.41) is -0.438. The van der Waals surface area contributed by atoms with Gasteiger partial charge in [-0.25, -0.2) is 0 Å². The van der Waals surface area contributed by atoms with Gasteiger partial charge in [0.05, 0.1) is 6.08 Å². The third kappa shape index (κ3) is 1.49. The number of allylic oxidation sites excluding steroid dienone is 6. The van der Waals surface area contributed by atoms with E-state index >= 15 is 0 Å². The molecular weight excluding hydrogens is 136 g/mol. The van der Waals surface area contributed by atoms with Gasteiger partial charge >= 0.3 is 5.24 Å². The quantitative estimate of drug-likeness (QED) is 0.399. The molecule has 0 unspecified atom stereocenters. The molecule has 0 bridgehead atoms. The summed E-state index contributed by atoms with van der Waals surface area (Å²) in [4.78, 5) is 10.4. The Morgan fingerprint density at radius 1 is 1.67 bits per heavy atom. The van der Waals surface area contributed by atoms with Crippen molar-refractivity contribution in [1.29, 1.82) is 0 Å². The molecule has 0 radical (unpaired) electrons. The maximum Gasteiger partial charge on any atom is 0.308 e. The van der Waals surface area contributed by atoms with E-state index in [4.69, 9.17) is 11.6 Å². The highest BCUT2D eigenvalue weighted by molar-refractivity contribution is 6.68. The zero-order valence-corrected chi connectivity index (χ0v) is 5.35. The Kier molecular flexibility index (Phi) is 1.78. The van der Waals surface area contributed by atoms with Crippen molar-refractivity contribution in [3.8, 4) is 0 Å². The van der Waals surface area contributed by atoms with Crippen LogP contribution in [0.25, 0.3) is 0 Å². The first-order valence-electron chi connectivity index (χ1n) is 2.46. The molecule has 0 heterocycles. The Labute approximate surface area is 58.3 Å². The van der Waals surface area contributed by atoms with Gasteiger partial charge in [0.25, 0.3) is 0 Å². The van der Waals surface area contributed by atoms with Gasteiger partial charge in [0, 0.05) is 12.2 Å². The number of carbonyl (C=O) groups excluding carboxylic acids is 1. The molecule has 0 saturated heterocycles. The van der Waals surface area contributed by atoms with Crippen LogP contribution in [0.3, 0.4) is 0 Å². The number of rotatable bonds is 1. The summed E-state index contributed by atoms with van der Waals surface area (Å²) in [5.41, 5.74) is 0.485. The number of hydrogen-bond donors (Lipinski definition) is 0. The van der Waals surface area contributed by atoms with Gasteiger partial charge in [0.2, 0.25) is 0 Å². The highest BCUT2D eigenvalue weighted by atomic mass is 35.5. The van der Waals surface area contributed by atoms with Crippen LogP contribution in [-0.2, 0) is 4.79 Å². The average Bonchev–Trinajstić information content (AvgIpc) is 1.90. The summed E-state index contributed by atoms with van der Waals surface area (Å²) >= 11 is 5.14. The molecule has 0 aromatic heterocycles. The molecule has 0 aromatic rings. The minimum atomic E-state index is -0.438. The Morgan fingerprint density at radius 3 is 2.78 bits per heavy atom. The lowest BCUT2D eigenvalue weighted by atomic mass is 10.2. The van der Waals surface area contributed by atoms with E-state index in [2.05, 4.69) is 6.08 Å². The number of hydrogen-bond acceptors (Lipinski definition) is 1. The van der Waals surface area contributed by atoms with Crippen molar-refractivity contribution in [2.24, 2.45) is 0 Å². The largest absolute Gasteiger partial charge is 0.308 e.